The third-order valence-electron chi connectivity index (χ3n) is 2.31. The van der Waals surface area contributed by atoms with Crippen molar-refractivity contribution >= 4 is 17.6 Å². The Kier molecular flexibility index (Phi) is 4.67. The first-order valence-corrected chi connectivity index (χ1v) is 9.39. The Balaban J connectivity index is 2.28. The highest BCUT2D eigenvalue weighted by atomic mass is 32.2. The Labute approximate surface area is 123 Å². The van der Waals surface area contributed by atoms with Crippen molar-refractivity contribution in [3.05, 3.63) is 60.7 Å². The summed E-state index contributed by atoms with van der Waals surface area (Å²) in [6, 6.07) is 16.3. The van der Waals surface area contributed by atoms with Crippen LogP contribution in [0.15, 0.2) is 60.7 Å². The molecule has 0 unspecified atom stereocenters. The molecule has 2 aromatic carbocycles. The van der Waals surface area contributed by atoms with Crippen molar-refractivity contribution in [2.24, 2.45) is 5.14 Å². The molecule has 0 fully saturated rings. The van der Waals surface area contributed by atoms with Gasteiger partial charge in [-0.3, -0.25) is 0 Å². The van der Waals surface area contributed by atoms with Crippen LogP contribution >= 0.6 is 7.60 Å². The van der Waals surface area contributed by atoms with Crippen molar-refractivity contribution in [3.8, 4) is 11.5 Å². The van der Waals surface area contributed by atoms with Crippen molar-refractivity contribution in [1.82, 2.24) is 0 Å². The molecule has 0 atom stereocenters. The summed E-state index contributed by atoms with van der Waals surface area (Å²) in [6.07, 6.45) is 0. The van der Waals surface area contributed by atoms with Gasteiger partial charge in [0.2, 0.25) is 10.0 Å². The highest BCUT2D eigenvalue weighted by Crippen LogP contribution is 2.49. The molecular weight excluding hydrogens is 313 g/mol. The van der Waals surface area contributed by atoms with Crippen LogP contribution in [0, 0.1) is 0 Å². The third-order valence-corrected chi connectivity index (χ3v) is 6.00. The van der Waals surface area contributed by atoms with Gasteiger partial charge >= 0.3 is 7.60 Å². The summed E-state index contributed by atoms with van der Waals surface area (Å²) in [5, 5.41) is 4.97. The lowest BCUT2D eigenvalue weighted by Gasteiger charge is -2.19. The molecule has 0 radical (unpaired) electrons. The summed E-state index contributed by atoms with van der Waals surface area (Å²) in [5.74, 6) is 0.473. The number of nitrogens with two attached hydrogens (primary N) is 1. The molecule has 0 heterocycles. The zero-order valence-corrected chi connectivity index (χ0v) is 12.7. The Morgan fingerprint density at radius 2 is 1.24 bits per heavy atom. The molecule has 0 aliphatic carbocycles. The first-order chi connectivity index (χ1) is 9.86. The van der Waals surface area contributed by atoms with E-state index in [1.54, 1.807) is 60.7 Å². The third kappa shape index (κ3) is 5.23. The average molecular weight is 327 g/mol. The molecule has 6 nitrogen and oxygen atoms in total. The fourth-order valence-electron chi connectivity index (χ4n) is 1.58. The summed E-state index contributed by atoms with van der Waals surface area (Å²) in [6.45, 7) is 0. The largest absolute Gasteiger partial charge is 0.447 e. The SMILES string of the molecule is NS(=O)(=O)CP(=O)(Oc1ccccc1)Oc1ccccc1. The highest BCUT2D eigenvalue weighted by molar-refractivity contribution is 7.95. The normalized spacial score (nSPS) is 11.9. The van der Waals surface area contributed by atoms with Crippen LogP contribution in [-0.4, -0.2) is 13.9 Å². The van der Waals surface area contributed by atoms with Gasteiger partial charge in [-0.15, -0.1) is 0 Å². The van der Waals surface area contributed by atoms with Gasteiger partial charge in [0.15, 0.2) is 5.49 Å². The molecular formula is C13H14NO5PS. The Hall–Kier alpha value is -1.82. The minimum Gasteiger partial charge on any atom is -0.415 e. The zero-order valence-electron chi connectivity index (χ0n) is 11.0. The number of primary sulfonamides is 1. The van der Waals surface area contributed by atoms with E-state index < -0.39 is 23.1 Å². The van der Waals surface area contributed by atoms with Crippen LogP contribution in [-0.2, 0) is 14.6 Å². The maximum atomic E-state index is 12.7. The van der Waals surface area contributed by atoms with E-state index in [4.69, 9.17) is 14.2 Å². The highest BCUT2D eigenvalue weighted by Gasteiger charge is 2.33. The number of hydrogen-bond acceptors (Lipinski definition) is 5. The summed E-state index contributed by atoms with van der Waals surface area (Å²) in [5.41, 5.74) is -0.913. The number of benzene rings is 2. The van der Waals surface area contributed by atoms with Crippen LogP contribution in [0.25, 0.3) is 0 Å². The van der Waals surface area contributed by atoms with Gasteiger partial charge in [0.05, 0.1) is 0 Å². The van der Waals surface area contributed by atoms with Crippen LogP contribution in [0.4, 0.5) is 0 Å². The van der Waals surface area contributed by atoms with Crippen LogP contribution in [0.5, 0.6) is 11.5 Å². The summed E-state index contributed by atoms with van der Waals surface area (Å²) in [7, 11) is -8.03. The lowest BCUT2D eigenvalue weighted by atomic mass is 10.3. The fraction of sp³-hybridized carbons (Fsp3) is 0.0769. The van der Waals surface area contributed by atoms with E-state index >= 15 is 0 Å². The second kappa shape index (κ2) is 6.30. The molecule has 2 aromatic rings. The number of para-hydroxylation sites is 2. The Morgan fingerprint density at radius 3 is 1.57 bits per heavy atom. The standard InChI is InChI=1S/C13H14NO5PS/c14-21(16,17)11-20(15,18-12-7-3-1-4-8-12)19-13-9-5-2-6-10-13/h1-10H,11H2,(H2,14,16,17). The van der Waals surface area contributed by atoms with E-state index in [2.05, 4.69) is 0 Å². The quantitative estimate of drug-likeness (QED) is 0.823. The van der Waals surface area contributed by atoms with E-state index in [-0.39, 0.29) is 11.5 Å². The second-order valence-electron chi connectivity index (χ2n) is 4.21. The molecule has 0 bridgehead atoms. The van der Waals surface area contributed by atoms with Gasteiger partial charge in [0.1, 0.15) is 11.5 Å². The molecule has 112 valence electrons. The molecule has 0 amide bonds. The van der Waals surface area contributed by atoms with Crippen LogP contribution in [0.1, 0.15) is 0 Å². The topological polar surface area (TPSA) is 95.7 Å². The molecule has 0 saturated carbocycles. The summed E-state index contributed by atoms with van der Waals surface area (Å²) < 4.78 is 45.7. The maximum absolute atomic E-state index is 12.7. The van der Waals surface area contributed by atoms with Crippen molar-refractivity contribution in [3.63, 3.8) is 0 Å². The molecule has 21 heavy (non-hydrogen) atoms. The molecule has 2 rings (SSSR count). The first-order valence-electron chi connectivity index (χ1n) is 5.95. The predicted molar refractivity (Wildman–Crippen MR) is 79.7 cm³/mol. The monoisotopic (exact) mass is 327 g/mol. The second-order valence-corrected chi connectivity index (χ2v) is 8.16. The summed E-state index contributed by atoms with van der Waals surface area (Å²) in [4.78, 5) is 0. The molecule has 0 aliphatic rings. The summed E-state index contributed by atoms with van der Waals surface area (Å²) >= 11 is 0. The van der Waals surface area contributed by atoms with Gasteiger partial charge in [-0.1, -0.05) is 36.4 Å². The number of sulfonamides is 1. The Bertz CT molecular complexity index is 688. The lowest BCUT2D eigenvalue weighted by Crippen LogP contribution is -2.20. The van der Waals surface area contributed by atoms with E-state index in [1.807, 2.05) is 0 Å². The zero-order chi connectivity index (χ0) is 15.3. The molecule has 0 aliphatic heterocycles. The average Bonchev–Trinajstić information content (AvgIpc) is 2.38. The van der Waals surface area contributed by atoms with Gasteiger partial charge in [0.25, 0.3) is 0 Å². The number of hydrogen-bond donors (Lipinski definition) is 1. The molecule has 0 saturated heterocycles. The minimum atomic E-state index is -4.04. The number of rotatable bonds is 6. The van der Waals surface area contributed by atoms with Gasteiger partial charge in [-0.25, -0.2) is 18.1 Å². The van der Waals surface area contributed by atoms with Gasteiger partial charge in [-0.2, -0.15) is 0 Å². The molecule has 0 aromatic heterocycles. The molecule has 8 heteroatoms. The van der Waals surface area contributed by atoms with E-state index in [0.29, 0.717) is 0 Å². The minimum absolute atomic E-state index is 0.236. The van der Waals surface area contributed by atoms with Crippen molar-refractivity contribution in [2.45, 2.75) is 0 Å². The molecule has 0 spiro atoms. The van der Waals surface area contributed by atoms with E-state index in [9.17, 15) is 13.0 Å². The lowest BCUT2D eigenvalue weighted by molar-refractivity contribution is 0.391. The van der Waals surface area contributed by atoms with Gasteiger partial charge in [0, 0.05) is 0 Å². The smallest absolute Gasteiger partial charge is 0.415 e. The maximum Gasteiger partial charge on any atom is 0.447 e. The molecule has 2 N–H and O–H groups in total. The van der Waals surface area contributed by atoms with E-state index in [1.165, 1.54) is 0 Å². The van der Waals surface area contributed by atoms with Crippen molar-refractivity contribution < 1.29 is 22.0 Å². The van der Waals surface area contributed by atoms with Gasteiger partial charge in [-0.05, 0) is 24.3 Å². The first kappa shape index (κ1) is 15.6. The van der Waals surface area contributed by atoms with Crippen molar-refractivity contribution in [2.75, 3.05) is 5.49 Å². The van der Waals surface area contributed by atoms with Crippen molar-refractivity contribution in [1.29, 1.82) is 0 Å². The van der Waals surface area contributed by atoms with Crippen LogP contribution in [0.2, 0.25) is 0 Å². The van der Waals surface area contributed by atoms with Gasteiger partial charge < -0.3 is 9.05 Å². The van der Waals surface area contributed by atoms with Crippen LogP contribution in [0.3, 0.4) is 0 Å². The fourth-order valence-corrected chi connectivity index (χ4v) is 4.68. The Morgan fingerprint density at radius 1 is 0.857 bits per heavy atom. The predicted octanol–water partition coefficient (Wildman–Crippen LogP) is 2.58. The van der Waals surface area contributed by atoms with Crippen LogP contribution < -0.4 is 14.2 Å². The van der Waals surface area contributed by atoms with E-state index in [0.717, 1.165) is 0 Å².